The van der Waals surface area contributed by atoms with Crippen molar-refractivity contribution in [3.05, 3.63) is 22.2 Å². The maximum atomic E-state index is 9.86. The van der Waals surface area contributed by atoms with Crippen LogP contribution in [-0.4, -0.2) is 18.3 Å². The number of rotatable bonds is 4. The van der Waals surface area contributed by atoms with Crippen molar-refractivity contribution in [3.8, 4) is 11.5 Å². The van der Waals surface area contributed by atoms with Gasteiger partial charge in [-0.1, -0.05) is 15.9 Å². The smallest absolute Gasteiger partial charge is 0.162 e. The summed E-state index contributed by atoms with van der Waals surface area (Å²) in [5, 5.41) is 13.2. The summed E-state index contributed by atoms with van der Waals surface area (Å²) in [6.45, 7) is 0.687. The van der Waals surface area contributed by atoms with Gasteiger partial charge in [-0.25, -0.2) is 0 Å². The van der Waals surface area contributed by atoms with E-state index in [2.05, 4.69) is 21.2 Å². The zero-order chi connectivity index (χ0) is 10.8. The second-order valence-electron chi connectivity index (χ2n) is 3.77. The van der Waals surface area contributed by atoms with Crippen molar-refractivity contribution in [1.82, 2.24) is 5.32 Å². The summed E-state index contributed by atoms with van der Waals surface area (Å²) in [7, 11) is 1.56. The van der Waals surface area contributed by atoms with Crippen LogP contribution in [-0.2, 0) is 6.54 Å². The average Bonchev–Trinajstić information content (AvgIpc) is 3.02. The highest BCUT2D eigenvalue weighted by atomic mass is 79.9. The Morgan fingerprint density at radius 1 is 1.53 bits per heavy atom. The molecule has 1 aromatic carbocycles. The number of ether oxygens (including phenoxy) is 1. The molecule has 4 heteroatoms. The molecule has 1 aliphatic carbocycles. The van der Waals surface area contributed by atoms with E-state index in [0.717, 1.165) is 10.0 Å². The van der Waals surface area contributed by atoms with Crippen molar-refractivity contribution < 1.29 is 9.84 Å². The average molecular weight is 272 g/mol. The summed E-state index contributed by atoms with van der Waals surface area (Å²) in [5.41, 5.74) is 0.869. The van der Waals surface area contributed by atoms with E-state index in [1.54, 1.807) is 13.2 Å². The first-order valence-electron chi connectivity index (χ1n) is 4.99. The lowest BCUT2D eigenvalue weighted by Gasteiger charge is -2.10. The highest BCUT2D eigenvalue weighted by molar-refractivity contribution is 9.10. The van der Waals surface area contributed by atoms with Crippen molar-refractivity contribution in [1.29, 1.82) is 0 Å². The van der Waals surface area contributed by atoms with E-state index < -0.39 is 0 Å². The van der Waals surface area contributed by atoms with Gasteiger partial charge in [0.15, 0.2) is 11.5 Å². The van der Waals surface area contributed by atoms with Crippen LogP contribution in [0.2, 0.25) is 0 Å². The van der Waals surface area contributed by atoms with Crippen LogP contribution in [0.5, 0.6) is 11.5 Å². The van der Waals surface area contributed by atoms with Crippen molar-refractivity contribution in [2.24, 2.45) is 0 Å². The SMILES string of the molecule is COc1cc(Br)cc(CNC2CC2)c1O. The van der Waals surface area contributed by atoms with Crippen LogP contribution in [0.3, 0.4) is 0 Å². The number of aromatic hydroxyl groups is 1. The van der Waals surface area contributed by atoms with Gasteiger partial charge in [-0.15, -0.1) is 0 Å². The van der Waals surface area contributed by atoms with Crippen molar-refractivity contribution in [2.45, 2.75) is 25.4 Å². The summed E-state index contributed by atoms with van der Waals surface area (Å²) in [5.74, 6) is 0.742. The molecule has 0 unspecified atom stereocenters. The first kappa shape index (κ1) is 10.8. The summed E-state index contributed by atoms with van der Waals surface area (Å²) in [6, 6.07) is 4.30. The van der Waals surface area contributed by atoms with Gasteiger partial charge in [-0.05, 0) is 25.0 Å². The second-order valence-corrected chi connectivity index (χ2v) is 4.69. The lowest BCUT2D eigenvalue weighted by Crippen LogP contribution is -2.15. The Balaban J connectivity index is 2.15. The Kier molecular flexibility index (Phi) is 3.17. The van der Waals surface area contributed by atoms with Crippen LogP contribution >= 0.6 is 15.9 Å². The highest BCUT2D eigenvalue weighted by Gasteiger charge is 2.21. The number of nitrogens with one attached hydrogen (secondary N) is 1. The van der Waals surface area contributed by atoms with Gasteiger partial charge in [-0.3, -0.25) is 0 Å². The number of hydrogen-bond donors (Lipinski definition) is 2. The summed E-state index contributed by atoms with van der Waals surface area (Å²) < 4.78 is 6.00. The van der Waals surface area contributed by atoms with Gasteiger partial charge < -0.3 is 15.2 Å². The quantitative estimate of drug-likeness (QED) is 0.884. The molecule has 15 heavy (non-hydrogen) atoms. The summed E-state index contributed by atoms with van der Waals surface area (Å²) in [6.07, 6.45) is 2.48. The van der Waals surface area contributed by atoms with Crippen LogP contribution in [0.4, 0.5) is 0 Å². The fourth-order valence-electron chi connectivity index (χ4n) is 1.46. The van der Waals surface area contributed by atoms with Gasteiger partial charge >= 0.3 is 0 Å². The molecule has 1 saturated carbocycles. The van der Waals surface area contributed by atoms with Gasteiger partial charge in [0.05, 0.1) is 7.11 Å². The molecule has 0 amide bonds. The number of phenols is 1. The molecule has 0 heterocycles. The van der Waals surface area contributed by atoms with E-state index in [4.69, 9.17) is 4.74 Å². The van der Waals surface area contributed by atoms with Crippen LogP contribution < -0.4 is 10.1 Å². The van der Waals surface area contributed by atoms with E-state index >= 15 is 0 Å². The minimum Gasteiger partial charge on any atom is -0.504 e. The zero-order valence-corrected chi connectivity index (χ0v) is 10.2. The molecule has 1 aromatic rings. The largest absolute Gasteiger partial charge is 0.504 e. The van der Waals surface area contributed by atoms with Crippen LogP contribution in [0.1, 0.15) is 18.4 Å². The molecule has 2 N–H and O–H groups in total. The molecule has 0 saturated heterocycles. The Bertz CT molecular complexity index is 364. The monoisotopic (exact) mass is 271 g/mol. The fourth-order valence-corrected chi connectivity index (χ4v) is 1.94. The van der Waals surface area contributed by atoms with E-state index in [0.29, 0.717) is 18.3 Å². The first-order chi connectivity index (χ1) is 7.20. The topological polar surface area (TPSA) is 41.5 Å². The fraction of sp³-hybridized carbons (Fsp3) is 0.455. The predicted octanol–water partition coefficient (Wildman–Crippen LogP) is 2.42. The first-order valence-corrected chi connectivity index (χ1v) is 5.78. The van der Waals surface area contributed by atoms with Gasteiger partial charge in [0.1, 0.15) is 0 Å². The standard InChI is InChI=1S/C11H14BrNO2/c1-15-10-5-8(12)4-7(11(10)14)6-13-9-2-3-9/h4-5,9,13-14H,2-3,6H2,1H3. The Morgan fingerprint density at radius 2 is 2.27 bits per heavy atom. The van der Waals surface area contributed by atoms with Crippen molar-refractivity contribution >= 4 is 15.9 Å². The van der Waals surface area contributed by atoms with Gasteiger partial charge in [0.25, 0.3) is 0 Å². The van der Waals surface area contributed by atoms with Crippen LogP contribution in [0.15, 0.2) is 16.6 Å². The number of methoxy groups -OCH3 is 1. The van der Waals surface area contributed by atoms with Crippen molar-refractivity contribution in [2.75, 3.05) is 7.11 Å². The van der Waals surface area contributed by atoms with E-state index in [1.165, 1.54) is 12.8 Å². The summed E-state index contributed by atoms with van der Waals surface area (Å²) >= 11 is 3.39. The molecule has 2 rings (SSSR count). The molecule has 0 radical (unpaired) electrons. The van der Waals surface area contributed by atoms with Gasteiger partial charge in [-0.2, -0.15) is 0 Å². The molecule has 0 bridgehead atoms. The molecule has 1 fully saturated rings. The third-order valence-corrected chi connectivity index (χ3v) is 2.95. The van der Waals surface area contributed by atoms with Gasteiger partial charge in [0.2, 0.25) is 0 Å². The Hall–Kier alpha value is -0.740. The predicted molar refractivity (Wildman–Crippen MR) is 62.2 cm³/mol. The molecule has 0 aliphatic heterocycles. The number of halogens is 1. The van der Waals surface area contributed by atoms with E-state index in [9.17, 15) is 5.11 Å². The molecule has 82 valence electrons. The maximum absolute atomic E-state index is 9.86. The third-order valence-electron chi connectivity index (χ3n) is 2.50. The highest BCUT2D eigenvalue weighted by Crippen LogP contribution is 2.34. The molecule has 0 aromatic heterocycles. The normalized spacial score (nSPS) is 15.3. The minimum absolute atomic E-state index is 0.230. The third kappa shape index (κ3) is 2.63. The lowest BCUT2D eigenvalue weighted by molar-refractivity contribution is 0.369. The second kappa shape index (κ2) is 4.41. The number of phenolic OH excluding ortho intramolecular Hbond substituents is 1. The van der Waals surface area contributed by atoms with Gasteiger partial charge in [0, 0.05) is 22.6 Å². The number of hydrogen-bond acceptors (Lipinski definition) is 3. The zero-order valence-electron chi connectivity index (χ0n) is 8.59. The Morgan fingerprint density at radius 3 is 2.87 bits per heavy atom. The van der Waals surface area contributed by atoms with Crippen LogP contribution in [0.25, 0.3) is 0 Å². The summed E-state index contributed by atoms with van der Waals surface area (Å²) in [4.78, 5) is 0. The molecule has 1 aliphatic rings. The Labute approximate surface area is 97.6 Å². The molecule has 0 spiro atoms. The lowest BCUT2D eigenvalue weighted by atomic mass is 10.2. The molecular weight excluding hydrogens is 258 g/mol. The molecular formula is C11H14BrNO2. The van der Waals surface area contributed by atoms with Crippen LogP contribution in [0, 0.1) is 0 Å². The van der Waals surface area contributed by atoms with E-state index in [-0.39, 0.29) is 5.75 Å². The minimum atomic E-state index is 0.230. The van der Waals surface area contributed by atoms with E-state index in [1.807, 2.05) is 6.07 Å². The number of benzene rings is 1. The molecule has 3 nitrogen and oxygen atoms in total. The molecule has 0 atom stereocenters. The van der Waals surface area contributed by atoms with Crippen molar-refractivity contribution in [3.63, 3.8) is 0 Å². The maximum Gasteiger partial charge on any atom is 0.162 e.